The van der Waals surface area contributed by atoms with Gasteiger partial charge >= 0.3 is 0 Å². The predicted molar refractivity (Wildman–Crippen MR) is 85.2 cm³/mol. The molecule has 2 N–H and O–H groups in total. The second-order valence-electron chi connectivity index (χ2n) is 5.02. The van der Waals surface area contributed by atoms with Crippen LogP contribution >= 0.6 is 12.4 Å². The Bertz CT molecular complexity index is 710. The molecule has 2 heterocycles. The third-order valence-corrected chi connectivity index (χ3v) is 5.13. The zero-order valence-electron chi connectivity index (χ0n) is 11.5. The summed E-state index contributed by atoms with van der Waals surface area (Å²) in [6, 6.07) is 6.95. The maximum Gasteiger partial charge on any atom is 0.241 e. The molecular weight excluding hydrogens is 310 g/mol. The summed E-state index contributed by atoms with van der Waals surface area (Å²) in [7, 11) is -3.50. The number of piperidine rings is 1. The number of aromatic nitrogens is 1. The number of sulfonamides is 1. The SMILES string of the molecule is Cl.O=S(=O)(N[C@@H]1CCCNC1)c1cccc2cnccc12. The highest BCUT2D eigenvalue weighted by Gasteiger charge is 2.23. The Labute approximate surface area is 130 Å². The fourth-order valence-corrected chi connectivity index (χ4v) is 4.06. The van der Waals surface area contributed by atoms with E-state index in [2.05, 4.69) is 15.0 Å². The minimum absolute atomic E-state index is 0. The average molecular weight is 328 g/mol. The number of pyridine rings is 1. The summed E-state index contributed by atoms with van der Waals surface area (Å²) >= 11 is 0. The van der Waals surface area contributed by atoms with Crippen molar-refractivity contribution >= 4 is 33.2 Å². The maximum absolute atomic E-state index is 12.6. The predicted octanol–water partition coefficient (Wildman–Crippen LogP) is 1.69. The molecule has 0 spiro atoms. The molecule has 1 atom stereocenters. The van der Waals surface area contributed by atoms with Crippen molar-refractivity contribution in [1.29, 1.82) is 0 Å². The zero-order valence-corrected chi connectivity index (χ0v) is 13.1. The Kier molecular flexibility index (Phi) is 5.16. The Morgan fingerprint density at radius 2 is 2.14 bits per heavy atom. The lowest BCUT2D eigenvalue weighted by atomic mass is 10.1. The van der Waals surface area contributed by atoms with Gasteiger partial charge in [-0.25, -0.2) is 13.1 Å². The van der Waals surface area contributed by atoms with Crippen LogP contribution in [0.5, 0.6) is 0 Å². The molecule has 0 saturated carbocycles. The molecule has 2 aromatic rings. The molecule has 1 aliphatic heterocycles. The van der Waals surface area contributed by atoms with Crippen LogP contribution in [0.1, 0.15) is 12.8 Å². The molecule has 0 amide bonds. The van der Waals surface area contributed by atoms with Gasteiger partial charge < -0.3 is 5.32 Å². The van der Waals surface area contributed by atoms with Crippen LogP contribution < -0.4 is 10.0 Å². The molecule has 1 fully saturated rings. The summed E-state index contributed by atoms with van der Waals surface area (Å²) in [6.07, 6.45) is 5.16. The second-order valence-corrected chi connectivity index (χ2v) is 6.70. The van der Waals surface area contributed by atoms with Crippen molar-refractivity contribution < 1.29 is 8.42 Å². The smallest absolute Gasteiger partial charge is 0.241 e. The molecular formula is C14H18ClN3O2S. The Balaban J connectivity index is 0.00000161. The standard InChI is InChI=1S/C14H17N3O2S.ClH/c18-20(19,17-12-4-2-7-15-10-12)14-5-1-3-11-9-16-8-6-13(11)14;/h1,3,5-6,8-9,12,15,17H,2,4,7,10H2;1H/t12-;/m1./s1. The average Bonchev–Trinajstić information content (AvgIpc) is 2.47. The van der Waals surface area contributed by atoms with E-state index in [0.717, 1.165) is 24.8 Å². The van der Waals surface area contributed by atoms with Crippen LogP contribution in [0, 0.1) is 0 Å². The molecule has 114 valence electrons. The van der Waals surface area contributed by atoms with Crippen LogP contribution in [0.25, 0.3) is 10.8 Å². The quantitative estimate of drug-likeness (QED) is 0.900. The Morgan fingerprint density at radius 3 is 2.90 bits per heavy atom. The van der Waals surface area contributed by atoms with Crippen LogP contribution in [-0.4, -0.2) is 32.5 Å². The van der Waals surface area contributed by atoms with Crippen LogP contribution in [0.2, 0.25) is 0 Å². The first-order valence-corrected chi connectivity index (χ1v) is 8.21. The molecule has 0 radical (unpaired) electrons. The van der Waals surface area contributed by atoms with Gasteiger partial charge in [-0.2, -0.15) is 0 Å². The van der Waals surface area contributed by atoms with Gasteiger partial charge in [0.25, 0.3) is 0 Å². The van der Waals surface area contributed by atoms with Gasteiger partial charge in [-0.15, -0.1) is 12.4 Å². The van der Waals surface area contributed by atoms with Crippen LogP contribution in [0.3, 0.4) is 0 Å². The summed E-state index contributed by atoms with van der Waals surface area (Å²) in [6.45, 7) is 1.64. The molecule has 1 aromatic carbocycles. The van der Waals surface area contributed by atoms with Crippen molar-refractivity contribution in [3.63, 3.8) is 0 Å². The van der Waals surface area contributed by atoms with Gasteiger partial charge in [0.2, 0.25) is 10.0 Å². The minimum atomic E-state index is -3.50. The number of hydrogen-bond acceptors (Lipinski definition) is 4. The minimum Gasteiger partial charge on any atom is -0.315 e. The molecule has 0 unspecified atom stereocenters. The van der Waals surface area contributed by atoms with Gasteiger partial charge in [-0.1, -0.05) is 12.1 Å². The second kappa shape index (κ2) is 6.70. The van der Waals surface area contributed by atoms with Crippen molar-refractivity contribution in [1.82, 2.24) is 15.0 Å². The largest absolute Gasteiger partial charge is 0.315 e. The highest BCUT2D eigenvalue weighted by Crippen LogP contribution is 2.22. The van der Waals surface area contributed by atoms with Crippen molar-refractivity contribution in [2.45, 2.75) is 23.8 Å². The molecule has 21 heavy (non-hydrogen) atoms. The summed E-state index contributed by atoms with van der Waals surface area (Å²) in [5, 5.41) is 4.75. The van der Waals surface area contributed by atoms with Crippen molar-refractivity contribution in [3.05, 3.63) is 36.7 Å². The molecule has 0 bridgehead atoms. The van der Waals surface area contributed by atoms with Crippen molar-refractivity contribution in [3.8, 4) is 0 Å². The van der Waals surface area contributed by atoms with Crippen LogP contribution in [0.4, 0.5) is 0 Å². The third-order valence-electron chi connectivity index (χ3n) is 3.55. The molecule has 0 aliphatic carbocycles. The maximum atomic E-state index is 12.6. The number of hydrogen-bond donors (Lipinski definition) is 2. The number of nitrogens with zero attached hydrogens (tertiary/aromatic N) is 1. The van der Waals surface area contributed by atoms with E-state index in [1.165, 1.54) is 0 Å². The van der Waals surface area contributed by atoms with E-state index in [1.54, 1.807) is 30.6 Å². The Hall–Kier alpha value is -1.21. The molecule has 1 aromatic heterocycles. The normalized spacial score (nSPS) is 19.1. The van der Waals surface area contributed by atoms with E-state index in [9.17, 15) is 8.42 Å². The van der Waals surface area contributed by atoms with E-state index in [4.69, 9.17) is 0 Å². The number of nitrogens with one attached hydrogen (secondary N) is 2. The fraction of sp³-hybridized carbons (Fsp3) is 0.357. The van der Waals surface area contributed by atoms with E-state index in [1.807, 2.05) is 6.07 Å². The van der Waals surface area contributed by atoms with Crippen LogP contribution in [-0.2, 0) is 10.0 Å². The van der Waals surface area contributed by atoms with Gasteiger partial charge in [0, 0.05) is 35.8 Å². The Morgan fingerprint density at radius 1 is 1.29 bits per heavy atom. The van der Waals surface area contributed by atoms with Crippen molar-refractivity contribution in [2.24, 2.45) is 0 Å². The molecule has 1 saturated heterocycles. The topological polar surface area (TPSA) is 71.1 Å². The van der Waals surface area contributed by atoms with Gasteiger partial charge in [0.15, 0.2) is 0 Å². The van der Waals surface area contributed by atoms with Gasteiger partial charge in [-0.3, -0.25) is 4.98 Å². The lowest BCUT2D eigenvalue weighted by Crippen LogP contribution is -2.45. The molecule has 5 nitrogen and oxygen atoms in total. The van der Waals surface area contributed by atoms with Crippen LogP contribution in [0.15, 0.2) is 41.6 Å². The number of halogens is 1. The highest BCUT2D eigenvalue weighted by atomic mass is 35.5. The molecule has 3 rings (SSSR count). The summed E-state index contributed by atoms with van der Waals surface area (Å²) < 4.78 is 27.9. The number of fused-ring (bicyclic) bond motifs is 1. The molecule has 1 aliphatic rings. The fourth-order valence-electron chi connectivity index (χ4n) is 2.56. The monoisotopic (exact) mass is 327 g/mol. The lowest BCUT2D eigenvalue weighted by molar-refractivity contribution is 0.429. The van der Waals surface area contributed by atoms with Gasteiger partial charge in [0.1, 0.15) is 0 Å². The first kappa shape index (κ1) is 16.2. The zero-order chi connectivity index (χ0) is 14.0. The summed E-state index contributed by atoms with van der Waals surface area (Å²) in [5.74, 6) is 0. The van der Waals surface area contributed by atoms with E-state index >= 15 is 0 Å². The molecule has 7 heteroatoms. The number of benzene rings is 1. The first-order valence-electron chi connectivity index (χ1n) is 6.72. The highest BCUT2D eigenvalue weighted by molar-refractivity contribution is 7.89. The van der Waals surface area contributed by atoms with E-state index < -0.39 is 10.0 Å². The third kappa shape index (κ3) is 3.52. The van der Waals surface area contributed by atoms with Gasteiger partial charge in [0.05, 0.1) is 4.90 Å². The van der Waals surface area contributed by atoms with Gasteiger partial charge in [-0.05, 0) is 31.5 Å². The lowest BCUT2D eigenvalue weighted by Gasteiger charge is -2.23. The summed E-state index contributed by atoms with van der Waals surface area (Å²) in [4.78, 5) is 4.35. The summed E-state index contributed by atoms with van der Waals surface area (Å²) in [5.41, 5.74) is 0. The number of rotatable bonds is 3. The van der Waals surface area contributed by atoms with E-state index in [-0.39, 0.29) is 18.4 Å². The van der Waals surface area contributed by atoms with E-state index in [0.29, 0.717) is 16.8 Å². The first-order chi connectivity index (χ1) is 9.67. The van der Waals surface area contributed by atoms with Crippen molar-refractivity contribution in [2.75, 3.05) is 13.1 Å².